The van der Waals surface area contributed by atoms with Gasteiger partial charge in [-0.1, -0.05) is 18.5 Å². The van der Waals surface area contributed by atoms with Crippen LogP contribution >= 0.6 is 11.6 Å². The fourth-order valence-electron chi connectivity index (χ4n) is 1.52. The molecule has 0 heterocycles. The van der Waals surface area contributed by atoms with Gasteiger partial charge >= 0.3 is 0 Å². The first kappa shape index (κ1) is 15.4. The van der Waals surface area contributed by atoms with Crippen molar-refractivity contribution in [3.63, 3.8) is 0 Å². The third kappa shape index (κ3) is 3.41. The standard InChI is InChI=1S/C11H15ClFNO3S/c1-2-14(6-3-7-15)18(16,17)11-5-4-9(13)8-10(11)12/h4-5,8,15H,2-3,6-7H2,1H3. The van der Waals surface area contributed by atoms with Gasteiger partial charge in [0.15, 0.2) is 0 Å². The zero-order valence-corrected chi connectivity index (χ0v) is 11.5. The van der Waals surface area contributed by atoms with E-state index in [1.165, 1.54) is 4.31 Å². The molecule has 1 rings (SSSR count). The molecule has 0 unspecified atom stereocenters. The summed E-state index contributed by atoms with van der Waals surface area (Å²) in [6.07, 6.45) is 0.339. The average molecular weight is 296 g/mol. The Bertz CT molecular complexity index is 507. The molecular weight excluding hydrogens is 281 g/mol. The quantitative estimate of drug-likeness (QED) is 0.872. The van der Waals surface area contributed by atoms with Crippen molar-refractivity contribution >= 4 is 21.6 Å². The minimum absolute atomic E-state index is 0.0941. The monoisotopic (exact) mass is 295 g/mol. The number of rotatable bonds is 6. The fourth-order valence-corrected chi connectivity index (χ4v) is 3.51. The Morgan fingerprint density at radius 2 is 2.11 bits per heavy atom. The lowest BCUT2D eigenvalue weighted by Crippen LogP contribution is -2.32. The molecule has 1 aromatic carbocycles. The molecule has 0 radical (unpaired) electrons. The van der Waals surface area contributed by atoms with Crippen LogP contribution in [0.2, 0.25) is 5.02 Å². The van der Waals surface area contributed by atoms with Crippen LogP contribution < -0.4 is 0 Å². The van der Waals surface area contributed by atoms with Crippen LogP contribution in [0.3, 0.4) is 0 Å². The topological polar surface area (TPSA) is 57.6 Å². The number of benzene rings is 1. The van der Waals surface area contributed by atoms with Gasteiger partial charge in [-0.2, -0.15) is 4.31 Å². The Morgan fingerprint density at radius 3 is 2.61 bits per heavy atom. The molecule has 0 aliphatic heterocycles. The van der Waals surface area contributed by atoms with Gasteiger partial charge in [-0.15, -0.1) is 0 Å². The predicted octanol–water partition coefficient (Wildman–Crippen LogP) is 1.87. The highest BCUT2D eigenvalue weighted by atomic mass is 35.5. The summed E-state index contributed by atoms with van der Waals surface area (Å²) in [7, 11) is -3.75. The molecule has 0 bridgehead atoms. The maximum Gasteiger partial charge on any atom is 0.244 e. The second-order valence-electron chi connectivity index (χ2n) is 3.65. The minimum Gasteiger partial charge on any atom is -0.396 e. The van der Waals surface area contributed by atoms with E-state index in [0.29, 0.717) is 6.42 Å². The molecule has 4 nitrogen and oxygen atoms in total. The number of hydrogen-bond acceptors (Lipinski definition) is 3. The van der Waals surface area contributed by atoms with Gasteiger partial charge in [-0.25, -0.2) is 12.8 Å². The molecule has 18 heavy (non-hydrogen) atoms. The van der Waals surface area contributed by atoms with E-state index in [4.69, 9.17) is 16.7 Å². The van der Waals surface area contributed by atoms with E-state index in [-0.39, 0.29) is 29.6 Å². The summed E-state index contributed by atoms with van der Waals surface area (Å²) in [5, 5.41) is 8.60. The lowest BCUT2D eigenvalue weighted by molar-refractivity contribution is 0.271. The smallest absolute Gasteiger partial charge is 0.244 e. The van der Waals surface area contributed by atoms with Crippen molar-refractivity contribution in [3.8, 4) is 0 Å². The molecule has 0 amide bonds. The van der Waals surface area contributed by atoms with Crippen molar-refractivity contribution < 1.29 is 17.9 Å². The van der Waals surface area contributed by atoms with Crippen LogP contribution in [0.25, 0.3) is 0 Å². The van der Waals surface area contributed by atoms with E-state index in [9.17, 15) is 12.8 Å². The van der Waals surface area contributed by atoms with E-state index < -0.39 is 15.8 Å². The van der Waals surface area contributed by atoms with Crippen molar-refractivity contribution in [3.05, 3.63) is 29.0 Å². The Hall–Kier alpha value is -0.690. The van der Waals surface area contributed by atoms with Gasteiger partial charge in [0.05, 0.1) is 5.02 Å². The van der Waals surface area contributed by atoms with Crippen LogP contribution in [0.1, 0.15) is 13.3 Å². The van der Waals surface area contributed by atoms with E-state index in [0.717, 1.165) is 18.2 Å². The van der Waals surface area contributed by atoms with Gasteiger partial charge in [-0.05, 0) is 24.6 Å². The molecule has 0 aromatic heterocycles. The second-order valence-corrected chi connectivity index (χ2v) is 5.96. The van der Waals surface area contributed by atoms with Crippen LogP contribution in [-0.4, -0.2) is 37.5 Å². The van der Waals surface area contributed by atoms with Crippen LogP contribution in [0.5, 0.6) is 0 Å². The van der Waals surface area contributed by atoms with Crippen LogP contribution in [0, 0.1) is 5.82 Å². The van der Waals surface area contributed by atoms with Gasteiger partial charge in [-0.3, -0.25) is 0 Å². The Labute approximate surface area is 111 Å². The minimum atomic E-state index is -3.75. The summed E-state index contributed by atoms with van der Waals surface area (Å²) in [6.45, 7) is 2.05. The van der Waals surface area contributed by atoms with Gasteiger partial charge in [0.2, 0.25) is 10.0 Å². The highest BCUT2D eigenvalue weighted by molar-refractivity contribution is 7.89. The van der Waals surface area contributed by atoms with Crippen LogP contribution in [0.15, 0.2) is 23.1 Å². The van der Waals surface area contributed by atoms with E-state index in [1.807, 2.05) is 0 Å². The lowest BCUT2D eigenvalue weighted by Gasteiger charge is -2.20. The predicted molar refractivity (Wildman–Crippen MR) is 67.5 cm³/mol. The first-order chi connectivity index (χ1) is 8.43. The number of halogens is 2. The summed E-state index contributed by atoms with van der Waals surface area (Å²) >= 11 is 5.75. The fraction of sp³-hybridized carbons (Fsp3) is 0.455. The summed E-state index contributed by atoms with van der Waals surface area (Å²) in [4.78, 5) is -0.120. The number of aliphatic hydroxyl groups excluding tert-OH is 1. The molecule has 0 fully saturated rings. The molecule has 0 aliphatic rings. The molecule has 0 saturated carbocycles. The number of hydrogen-bond donors (Lipinski definition) is 1. The number of sulfonamides is 1. The van der Waals surface area contributed by atoms with E-state index in [1.54, 1.807) is 6.92 Å². The highest BCUT2D eigenvalue weighted by Crippen LogP contribution is 2.25. The summed E-state index contributed by atoms with van der Waals surface area (Å²) in [5.74, 6) is -0.586. The largest absolute Gasteiger partial charge is 0.396 e. The highest BCUT2D eigenvalue weighted by Gasteiger charge is 2.25. The van der Waals surface area contributed by atoms with Crippen molar-refractivity contribution in [2.75, 3.05) is 19.7 Å². The Morgan fingerprint density at radius 1 is 1.44 bits per heavy atom. The molecule has 0 aliphatic carbocycles. The molecule has 7 heteroatoms. The van der Waals surface area contributed by atoms with Gasteiger partial charge < -0.3 is 5.11 Å². The maximum atomic E-state index is 12.9. The van der Waals surface area contributed by atoms with E-state index >= 15 is 0 Å². The molecule has 102 valence electrons. The Kier molecular flexibility index (Phi) is 5.52. The number of aliphatic hydroxyl groups is 1. The summed E-state index contributed by atoms with van der Waals surface area (Å²) < 4.78 is 38.6. The summed E-state index contributed by atoms with van der Waals surface area (Å²) in [6, 6.07) is 3.17. The van der Waals surface area contributed by atoms with E-state index in [2.05, 4.69) is 0 Å². The van der Waals surface area contributed by atoms with Crippen LogP contribution in [-0.2, 0) is 10.0 Å². The molecule has 1 N–H and O–H groups in total. The van der Waals surface area contributed by atoms with Gasteiger partial charge in [0.25, 0.3) is 0 Å². The third-order valence-electron chi connectivity index (χ3n) is 2.43. The molecule has 0 saturated heterocycles. The first-order valence-electron chi connectivity index (χ1n) is 5.49. The molecular formula is C11H15ClFNO3S. The van der Waals surface area contributed by atoms with Crippen molar-refractivity contribution in [1.82, 2.24) is 4.31 Å². The lowest BCUT2D eigenvalue weighted by atomic mass is 10.3. The van der Waals surface area contributed by atoms with Crippen molar-refractivity contribution in [2.45, 2.75) is 18.2 Å². The van der Waals surface area contributed by atoms with Gasteiger partial charge in [0.1, 0.15) is 10.7 Å². The normalized spacial score (nSPS) is 12.1. The average Bonchev–Trinajstić information content (AvgIpc) is 2.29. The zero-order valence-electron chi connectivity index (χ0n) is 9.94. The van der Waals surface area contributed by atoms with Crippen molar-refractivity contribution in [1.29, 1.82) is 0 Å². The molecule has 1 aromatic rings. The zero-order chi connectivity index (χ0) is 13.8. The maximum absolute atomic E-state index is 12.9. The number of nitrogens with zero attached hydrogens (tertiary/aromatic N) is 1. The molecule has 0 spiro atoms. The Balaban J connectivity index is 3.10. The van der Waals surface area contributed by atoms with Crippen molar-refractivity contribution in [2.24, 2.45) is 0 Å². The molecule has 0 atom stereocenters. The SMILES string of the molecule is CCN(CCCO)S(=O)(=O)c1ccc(F)cc1Cl. The van der Waals surface area contributed by atoms with Crippen LogP contribution in [0.4, 0.5) is 4.39 Å². The first-order valence-corrected chi connectivity index (χ1v) is 7.31. The van der Waals surface area contributed by atoms with Gasteiger partial charge in [0, 0.05) is 19.7 Å². The second kappa shape index (κ2) is 6.47. The third-order valence-corrected chi connectivity index (χ3v) is 4.89. The summed E-state index contributed by atoms with van der Waals surface area (Å²) in [5.41, 5.74) is 0.